The zero-order valence-corrected chi connectivity index (χ0v) is 17.0. The summed E-state index contributed by atoms with van der Waals surface area (Å²) < 4.78 is 24.5. The van der Waals surface area contributed by atoms with E-state index in [0.29, 0.717) is 22.9 Å². The van der Waals surface area contributed by atoms with Crippen LogP contribution in [0, 0.1) is 12.7 Å². The highest BCUT2D eigenvalue weighted by Crippen LogP contribution is 2.24. The minimum Gasteiger partial charge on any atom is -0.497 e. The third-order valence-electron chi connectivity index (χ3n) is 4.87. The van der Waals surface area contributed by atoms with Gasteiger partial charge in [-0.25, -0.2) is 4.39 Å². The summed E-state index contributed by atoms with van der Waals surface area (Å²) >= 11 is 5.41. The normalized spacial score (nSPS) is 15.7. The van der Waals surface area contributed by atoms with Crippen LogP contribution in [0.4, 0.5) is 10.1 Å². The van der Waals surface area contributed by atoms with Gasteiger partial charge in [0.05, 0.1) is 26.4 Å². The summed E-state index contributed by atoms with van der Waals surface area (Å²) in [6, 6.07) is 13.2. The standard InChI is InChI=1S/C21H26FN3O2S/c1-15-3-6-17(13-19(15)22)24-21(28)23-14-20(25-9-11-27-12-10-25)16-4-7-18(26-2)8-5-16/h3-8,13,20H,9-12,14H2,1-2H3,(H2,23,24,28)/t20-/m1/s1. The van der Waals surface area contributed by atoms with Crippen LogP contribution >= 0.6 is 12.2 Å². The van der Waals surface area contributed by atoms with Crippen LogP contribution in [0.15, 0.2) is 42.5 Å². The van der Waals surface area contributed by atoms with Gasteiger partial charge >= 0.3 is 0 Å². The largest absolute Gasteiger partial charge is 0.497 e. The minimum absolute atomic E-state index is 0.143. The topological polar surface area (TPSA) is 45.8 Å². The Labute approximate surface area is 170 Å². The SMILES string of the molecule is COc1ccc([C@@H](CNC(=S)Nc2ccc(C)c(F)c2)N2CCOCC2)cc1. The van der Waals surface area contributed by atoms with Crippen LogP contribution in [-0.4, -0.2) is 50.0 Å². The van der Waals surface area contributed by atoms with Crippen LogP contribution in [0.5, 0.6) is 5.75 Å². The number of rotatable bonds is 6. The molecule has 0 bridgehead atoms. The van der Waals surface area contributed by atoms with Gasteiger partial charge in [0.25, 0.3) is 0 Å². The summed E-state index contributed by atoms with van der Waals surface area (Å²) in [6.45, 7) is 5.53. The van der Waals surface area contributed by atoms with E-state index in [1.807, 2.05) is 18.2 Å². The van der Waals surface area contributed by atoms with E-state index < -0.39 is 0 Å². The zero-order valence-electron chi connectivity index (χ0n) is 16.2. The fourth-order valence-corrected chi connectivity index (χ4v) is 3.41. The van der Waals surface area contributed by atoms with Gasteiger partial charge in [0.2, 0.25) is 0 Å². The molecular weight excluding hydrogens is 377 g/mol. The second-order valence-electron chi connectivity index (χ2n) is 6.74. The number of hydrogen-bond acceptors (Lipinski definition) is 4. The molecule has 0 unspecified atom stereocenters. The number of aryl methyl sites for hydroxylation is 1. The molecule has 150 valence electrons. The van der Waals surface area contributed by atoms with Crippen molar-refractivity contribution in [2.45, 2.75) is 13.0 Å². The fraction of sp³-hybridized carbons (Fsp3) is 0.381. The van der Waals surface area contributed by atoms with Crippen LogP contribution in [0.25, 0.3) is 0 Å². The lowest BCUT2D eigenvalue weighted by molar-refractivity contribution is 0.0170. The Hall–Kier alpha value is -2.22. The summed E-state index contributed by atoms with van der Waals surface area (Å²) in [6.07, 6.45) is 0. The van der Waals surface area contributed by atoms with Crippen LogP contribution in [0.3, 0.4) is 0 Å². The van der Waals surface area contributed by atoms with Crippen molar-refractivity contribution in [3.05, 3.63) is 59.4 Å². The number of anilines is 1. The van der Waals surface area contributed by atoms with Gasteiger partial charge in [0, 0.05) is 25.3 Å². The molecule has 0 spiro atoms. The van der Waals surface area contributed by atoms with E-state index >= 15 is 0 Å². The first-order valence-electron chi connectivity index (χ1n) is 9.33. The number of halogens is 1. The van der Waals surface area contributed by atoms with Crippen LogP contribution < -0.4 is 15.4 Å². The van der Waals surface area contributed by atoms with Crippen molar-refractivity contribution < 1.29 is 13.9 Å². The average Bonchev–Trinajstić information content (AvgIpc) is 2.72. The van der Waals surface area contributed by atoms with Crippen molar-refractivity contribution in [1.82, 2.24) is 10.2 Å². The van der Waals surface area contributed by atoms with Gasteiger partial charge in [-0.15, -0.1) is 0 Å². The third kappa shape index (κ3) is 5.41. The predicted molar refractivity (Wildman–Crippen MR) is 113 cm³/mol. The quantitative estimate of drug-likeness (QED) is 0.720. The number of ether oxygens (including phenoxy) is 2. The van der Waals surface area contributed by atoms with E-state index in [2.05, 4.69) is 27.7 Å². The zero-order chi connectivity index (χ0) is 19.9. The smallest absolute Gasteiger partial charge is 0.170 e. The highest BCUT2D eigenvalue weighted by atomic mass is 32.1. The molecule has 1 saturated heterocycles. The molecule has 2 aromatic carbocycles. The molecule has 0 amide bonds. The van der Waals surface area contributed by atoms with E-state index in [1.54, 1.807) is 20.1 Å². The molecule has 2 aromatic rings. The van der Waals surface area contributed by atoms with Crippen molar-refractivity contribution in [3.63, 3.8) is 0 Å². The Morgan fingerprint density at radius 2 is 1.93 bits per heavy atom. The van der Waals surface area contributed by atoms with Crippen molar-refractivity contribution in [2.24, 2.45) is 0 Å². The molecule has 5 nitrogen and oxygen atoms in total. The monoisotopic (exact) mass is 403 g/mol. The Balaban J connectivity index is 1.66. The van der Waals surface area contributed by atoms with Crippen molar-refractivity contribution in [2.75, 3.05) is 45.3 Å². The lowest BCUT2D eigenvalue weighted by Crippen LogP contribution is -2.44. The highest BCUT2D eigenvalue weighted by molar-refractivity contribution is 7.80. The van der Waals surface area contributed by atoms with E-state index in [-0.39, 0.29) is 11.9 Å². The van der Waals surface area contributed by atoms with Gasteiger partial charge in [-0.2, -0.15) is 0 Å². The maximum absolute atomic E-state index is 13.7. The van der Waals surface area contributed by atoms with E-state index in [9.17, 15) is 4.39 Å². The van der Waals surface area contributed by atoms with E-state index in [0.717, 1.165) is 32.1 Å². The molecular formula is C21H26FN3O2S. The summed E-state index contributed by atoms with van der Waals surface area (Å²) in [7, 11) is 1.66. The first kappa shape index (κ1) is 20.5. The molecule has 1 aliphatic rings. The molecule has 2 N–H and O–H groups in total. The molecule has 28 heavy (non-hydrogen) atoms. The number of thiocarbonyl (C=S) groups is 1. The first-order valence-corrected chi connectivity index (χ1v) is 9.74. The number of morpholine rings is 1. The maximum Gasteiger partial charge on any atom is 0.170 e. The molecule has 1 heterocycles. The number of benzene rings is 2. The van der Waals surface area contributed by atoms with Crippen LogP contribution in [0.1, 0.15) is 17.2 Å². The number of nitrogens with zero attached hydrogens (tertiary/aromatic N) is 1. The maximum atomic E-state index is 13.7. The van der Waals surface area contributed by atoms with Crippen LogP contribution in [-0.2, 0) is 4.74 Å². The summed E-state index contributed by atoms with van der Waals surface area (Å²) in [5, 5.41) is 6.80. The molecule has 1 atom stereocenters. The lowest BCUT2D eigenvalue weighted by Gasteiger charge is -2.35. The van der Waals surface area contributed by atoms with Gasteiger partial charge in [-0.3, -0.25) is 4.90 Å². The average molecular weight is 404 g/mol. The van der Waals surface area contributed by atoms with Crippen molar-refractivity contribution >= 4 is 23.0 Å². The second kappa shape index (κ2) is 9.82. The number of hydrogen-bond donors (Lipinski definition) is 2. The molecule has 0 aliphatic carbocycles. The van der Waals surface area contributed by atoms with E-state index in [1.165, 1.54) is 11.6 Å². The Kier molecular flexibility index (Phi) is 7.19. The lowest BCUT2D eigenvalue weighted by atomic mass is 10.0. The van der Waals surface area contributed by atoms with Gasteiger partial charge in [-0.1, -0.05) is 18.2 Å². The first-order chi connectivity index (χ1) is 13.6. The molecule has 1 fully saturated rings. The molecule has 0 radical (unpaired) electrons. The molecule has 7 heteroatoms. The van der Waals surface area contributed by atoms with Crippen molar-refractivity contribution in [1.29, 1.82) is 0 Å². The molecule has 1 aliphatic heterocycles. The Morgan fingerprint density at radius 1 is 1.21 bits per heavy atom. The third-order valence-corrected chi connectivity index (χ3v) is 5.12. The van der Waals surface area contributed by atoms with Gasteiger partial charge in [0.1, 0.15) is 11.6 Å². The highest BCUT2D eigenvalue weighted by Gasteiger charge is 2.23. The van der Waals surface area contributed by atoms with Crippen LogP contribution in [0.2, 0.25) is 0 Å². The Morgan fingerprint density at radius 3 is 2.57 bits per heavy atom. The Bertz CT molecular complexity index is 795. The minimum atomic E-state index is -0.253. The number of nitrogens with one attached hydrogen (secondary N) is 2. The summed E-state index contributed by atoms with van der Waals surface area (Å²) in [5.41, 5.74) is 2.42. The summed E-state index contributed by atoms with van der Waals surface area (Å²) in [5.74, 6) is 0.577. The molecule has 3 rings (SSSR count). The second-order valence-corrected chi connectivity index (χ2v) is 7.14. The molecule has 0 aromatic heterocycles. The number of methoxy groups -OCH3 is 1. The van der Waals surface area contributed by atoms with Crippen molar-refractivity contribution in [3.8, 4) is 5.75 Å². The van der Waals surface area contributed by atoms with Gasteiger partial charge in [-0.05, 0) is 54.5 Å². The van der Waals surface area contributed by atoms with E-state index in [4.69, 9.17) is 21.7 Å². The summed E-state index contributed by atoms with van der Waals surface area (Å²) in [4.78, 5) is 2.38. The fourth-order valence-electron chi connectivity index (χ4n) is 3.21. The molecule has 0 saturated carbocycles. The predicted octanol–water partition coefficient (Wildman–Crippen LogP) is 3.50. The van der Waals surface area contributed by atoms with Gasteiger partial charge in [0.15, 0.2) is 5.11 Å². The van der Waals surface area contributed by atoms with Gasteiger partial charge < -0.3 is 20.1 Å².